The van der Waals surface area contributed by atoms with Gasteiger partial charge in [0, 0.05) is 28.3 Å². The first kappa shape index (κ1) is 22.0. The van der Waals surface area contributed by atoms with Crippen molar-refractivity contribution in [2.75, 3.05) is 25.0 Å². The number of carbonyl (C=O) groups is 1. The molecule has 1 saturated heterocycles. The first-order valence-corrected chi connectivity index (χ1v) is 10.9. The van der Waals surface area contributed by atoms with Crippen molar-refractivity contribution in [1.29, 1.82) is 0 Å². The molecule has 166 valence electrons. The average molecular weight is 453 g/mol. The Bertz CT molecular complexity index is 1060. The smallest absolute Gasteiger partial charge is 0.241 e. The summed E-state index contributed by atoms with van der Waals surface area (Å²) in [6, 6.07) is 14.7. The number of carbonyl (C=O) groups excluding carboxylic acids is 1. The van der Waals surface area contributed by atoms with Crippen LogP contribution in [0, 0.1) is 5.92 Å². The second kappa shape index (κ2) is 10.4. The fourth-order valence-corrected chi connectivity index (χ4v) is 3.77. The molecule has 0 unspecified atom stereocenters. The predicted octanol–water partition coefficient (Wildman–Crippen LogP) is 4.81. The van der Waals surface area contributed by atoms with Crippen LogP contribution in [0.5, 0.6) is 5.75 Å². The predicted molar refractivity (Wildman–Crippen MR) is 124 cm³/mol. The molecule has 0 aliphatic carbocycles. The van der Waals surface area contributed by atoms with Gasteiger partial charge in [0.2, 0.25) is 17.6 Å². The molecule has 0 spiro atoms. The number of likely N-dealkylation sites (tertiary alicyclic amines) is 1. The summed E-state index contributed by atoms with van der Waals surface area (Å²) < 4.78 is 10.9. The molecule has 2 heterocycles. The molecule has 3 aromatic rings. The molecule has 1 aliphatic rings. The van der Waals surface area contributed by atoms with Crippen LogP contribution in [0.4, 0.5) is 5.69 Å². The Morgan fingerprint density at radius 3 is 2.78 bits per heavy atom. The van der Waals surface area contributed by atoms with Gasteiger partial charge in [-0.1, -0.05) is 35.5 Å². The quantitative estimate of drug-likeness (QED) is 0.494. The van der Waals surface area contributed by atoms with Gasteiger partial charge in [0.15, 0.2) is 0 Å². The zero-order valence-electron chi connectivity index (χ0n) is 17.7. The Morgan fingerprint density at radius 1 is 1.25 bits per heavy atom. The number of anilines is 1. The maximum atomic E-state index is 12.7. The van der Waals surface area contributed by atoms with Crippen molar-refractivity contribution in [2.24, 2.45) is 5.92 Å². The van der Waals surface area contributed by atoms with Gasteiger partial charge in [-0.2, -0.15) is 4.98 Å². The average Bonchev–Trinajstić information content (AvgIpc) is 3.27. The Balaban J connectivity index is 1.26. The van der Waals surface area contributed by atoms with Crippen molar-refractivity contribution in [3.63, 3.8) is 0 Å². The number of nitrogens with one attached hydrogen (secondary N) is 1. The highest BCUT2D eigenvalue weighted by Gasteiger charge is 2.26. The molecule has 1 fully saturated rings. The molecule has 8 heteroatoms. The van der Waals surface area contributed by atoms with Gasteiger partial charge >= 0.3 is 0 Å². The minimum Gasteiger partial charge on any atom is -0.489 e. The van der Waals surface area contributed by atoms with Gasteiger partial charge in [-0.15, -0.1) is 0 Å². The zero-order valence-corrected chi connectivity index (χ0v) is 18.4. The van der Waals surface area contributed by atoms with Crippen molar-refractivity contribution >= 4 is 23.2 Å². The van der Waals surface area contributed by atoms with Gasteiger partial charge in [0.25, 0.3) is 0 Å². The van der Waals surface area contributed by atoms with Crippen molar-refractivity contribution in [1.82, 2.24) is 15.0 Å². The first-order chi connectivity index (χ1) is 15.6. The topological polar surface area (TPSA) is 80.5 Å². The second-order valence-corrected chi connectivity index (χ2v) is 8.12. The fourth-order valence-electron chi connectivity index (χ4n) is 3.64. The van der Waals surface area contributed by atoms with Crippen LogP contribution < -0.4 is 10.1 Å². The summed E-state index contributed by atoms with van der Waals surface area (Å²) in [5.41, 5.74) is 1.60. The monoisotopic (exact) mass is 452 g/mol. The number of halogens is 1. The Labute approximate surface area is 192 Å². The maximum absolute atomic E-state index is 12.7. The lowest BCUT2D eigenvalue weighted by atomic mass is 9.96. The number of hydrogen-bond acceptors (Lipinski definition) is 6. The van der Waals surface area contributed by atoms with Crippen molar-refractivity contribution in [3.8, 4) is 17.1 Å². The molecule has 4 rings (SSSR count). The van der Waals surface area contributed by atoms with Gasteiger partial charge in [-0.25, -0.2) is 0 Å². The Hall–Kier alpha value is -3.16. The second-order valence-electron chi connectivity index (χ2n) is 7.69. The van der Waals surface area contributed by atoms with Crippen LogP contribution in [0.25, 0.3) is 11.4 Å². The van der Waals surface area contributed by atoms with Crippen molar-refractivity contribution in [2.45, 2.75) is 19.4 Å². The van der Waals surface area contributed by atoms with Gasteiger partial charge in [-0.3, -0.25) is 9.69 Å². The third-order valence-corrected chi connectivity index (χ3v) is 5.61. The Morgan fingerprint density at radius 2 is 2.03 bits per heavy atom. The van der Waals surface area contributed by atoms with E-state index < -0.39 is 0 Å². The molecule has 0 saturated carbocycles. The van der Waals surface area contributed by atoms with Crippen LogP contribution in [0.3, 0.4) is 0 Å². The van der Waals surface area contributed by atoms with Crippen LogP contribution >= 0.6 is 11.6 Å². The number of rotatable bonds is 8. The minimum absolute atomic E-state index is 0.0312. The van der Waals surface area contributed by atoms with Gasteiger partial charge < -0.3 is 14.6 Å². The van der Waals surface area contributed by atoms with Crippen molar-refractivity contribution < 1.29 is 14.1 Å². The third-order valence-electron chi connectivity index (χ3n) is 5.36. The summed E-state index contributed by atoms with van der Waals surface area (Å²) in [6.07, 6.45) is 3.24. The van der Waals surface area contributed by atoms with Crippen LogP contribution in [-0.4, -0.2) is 40.6 Å². The number of aromatic nitrogens is 2. The normalized spacial score (nSPS) is 14.8. The molecule has 0 bridgehead atoms. The summed E-state index contributed by atoms with van der Waals surface area (Å²) in [4.78, 5) is 19.4. The van der Waals surface area contributed by atoms with Crippen LogP contribution in [-0.2, 0) is 11.3 Å². The summed E-state index contributed by atoms with van der Waals surface area (Å²) in [5, 5.41) is 7.73. The van der Waals surface area contributed by atoms with E-state index in [1.807, 2.05) is 36.4 Å². The third kappa shape index (κ3) is 5.75. The fraction of sp³-hybridized carbons (Fsp3) is 0.292. The first-order valence-electron chi connectivity index (χ1n) is 10.6. The molecule has 1 aliphatic heterocycles. The summed E-state index contributed by atoms with van der Waals surface area (Å²) >= 11 is 5.93. The number of nitrogens with zero attached hydrogens (tertiary/aromatic N) is 3. The number of ether oxygens (including phenoxy) is 1. The Kier molecular flexibility index (Phi) is 7.19. The van der Waals surface area contributed by atoms with E-state index in [4.69, 9.17) is 20.9 Å². The molecule has 0 atom stereocenters. The molecular formula is C24H25ClN4O3. The molecule has 7 nitrogen and oxygen atoms in total. The lowest BCUT2D eigenvalue weighted by Crippen LogP contribution is -2.37. The molecule has 1 amide bonds. The number of hydrogen-bond donors (Lipinski definition) is 1. The van der Waals surface area contributed by atoms with E-state index in [2.05, 4.69) is 26.9 Å². The molecule has 1 N–H and O–H groups in total. The van der Waals surface area contributed by atoms with Gasteiger partial charge in [-0.05, 0) is 62.3 Å². The zero-order chi connectivity index (χ0) is 22.3. The standard InChI is InChI=1S/C24H25ClN4O3/c1-2-14-31-21-5-3-4-20(15-21)26-24(30)18-10-12-29(13-11-18)16-22-27-23(28-32-22)17-6-8-19(25)9-7-17/h2-9,15,18H,1,10-14,16H2,(H,26,30). The number of benzene rings is 2. The minimum atomic E-state index is -0.0312. The van der Waals surface area contributed by atoms with E-state index in [-0.39, 0.29) is 11.8 Å². The highest BCUT2D eigenvalue weighted by Crippen LogP contribution is 2.24. The van der Waals surface area contributed by atoms with Gasteiger partial charge in [0.1, 0.15) is 12.4 Å². The van der Waals surface area contributed by atoms with Crippen molar-refractivity contribution in [3.05, 3.63) is 72.1 Å². The molecular weight excluding hydrogens is 428 g/mol. The molecule has 0 radical (unpaired) electrons. The van der Waals surface area contributed by atoms with E-state index in [0.717, 1.165) is 37.2 Å². The largest absolute Gasteiger partial charge is 0.489 e. The number of amides is 1. The van der Waals surface area contributed by atoms with Crippen LogP contribution in [0.1, 0.15) is 18.7 Å². The van der Waals surface area contributed by atoms with E-state index in [1.165, 1.54) is 0 Å². The van der Waals surface area contributed by atoms with E-state index in [1.54, 1.807) is 18.2 Å². The van der Waals surface area contributed by atoms with E-state index >= 15 is 0 Å². The lowest BCUT2D eigenvalue weighted by molar-refractivity contribution is -0.121. The van der Waals surface area contributed by atoms with E-state index in [9.17, 15) is 4.79 Å². The molecule has 2 aromatic carbocycles. The lowest BCUT2D eigenvalue weighted by Gasteiger charge is -2.30. The van der Waals surface area contributed by atoms with Crippen LogP contribution in [0.15, 0.2) is 65.7 Å². The summed E-state index contributed by atoms with van der Waals surface area (Å²) in [5.74, 6) is 1.82. The highest BCUT2D eigenvalue weighted by molar-refractivity contribution is 6.30. The SMILES string of the molecule is C=CCOc1cccc(NC(=O)C2CCN(Cc3nc(-c4ccc(Cl)cc4)no3)CC2)c1. The van der Waals surface area contributed by atoms with Gasteiger partial charge in [0.05, 0.1) is 6.54 Å². The maximum Gasteiger partial charge on any atom is 0.241 e. The highest BCUT2D eigenvalue weighted by atomic mass is 35.5. The summed E-state index contributed by atoms with van der Waals surface area (Å²) in [6.45, 7) is 6.22. The molecule has 1 aromatic heterocycles. The summed E-state index contributed by atoms with van der Waals surface area (Å²) in [7, 11) is 0. The van der Waals surface area contributed by atoms with Crippen LogP contribution in [0.2, 0.25) is 5.02 Å². The number of piperidine rings is 1. The molecule has 32 heavy (non-hydrogen) atoms. The van der Waals surface area contributed by atoms with E-state index in [0.29, 0.717) is 35.6 Å².